The second-order valence-corrected chi connectivity index (χ2v) is 16.2. The Labute approximate surface area is 184 Å². The number of carbonyl (C=O) groups excluding carboxylic acids is 1. The lowest BCUT2D eigenvalue weighted by Gasteiger charge is -2.45. The van der Waals surface area contributed by atoms with E-state index in [-0.39, 0.29) is 10.6 Å². The number of anilines is 1. The van der Waals surface area contributed by atoms with Crippen molar-refractivity contribution < 1.29 is 14.0 Å². The van der Waals surface area contributed by atoms with Crippen molar-refractivity contribution in [2.75, 3.05) is 25.0 Å². The van der Waals surface area contributed by atoms with Crippen molar-refractivity contribution in [2.45, 2.75) is 91.1 Å². The predicted molar refractivity (Wildman–Crippen MR) is 128 cm³/mol. The zero-order chi connectivity index (χ0) is 23.0. The van der Waals surface area contributed by atoms with Crippen molar-refractivity contribution in [2.24, 2.45) is 0 Å². The molecule has 0 atom stereocenters. The molecule has 1 N–H and O–H groups in total. The molecule has 1 aliphatic heterocycles. The number of amides is 1. The van der Waals surface area contributed by atoms with E-state index in [1.807, 2.05) is 26.8 Å². The first-order valence-corrected chi connectivity index (χ1v) is 14.0. The number of fused-ring (bicyclic) bond motifs is 1. The van der Waals surface area contributed by atoms with Gasteiger partial charge >= 0.3 is 6.09 Å². The fourth-order valence-electron chi connectivity index (χ4n) is 3.62. The first-order valence-electron chi connectivity index (χ1n) is 11.1. The van der Waals surface area contributed by atoms with Gasteiger partial charge in [-0.05, 0) is 82.4 Å². The van der Waals surface area contributed by atoms with Crippen LogP contribution in [0.1, 0.15) is 66.5 Å². The van der Waals surface area contributed by atoms with E-state index in [9.17, 15) is 4.79 Å². The van der Waals surface area contributed by atoms with Crippen LogP contribution < -0.4 is 5.32 Å². The third-order valence-corrected chi connectivity index (χ3v) is 11.0. The van der Waals surface area contributed by atoms with Crippen LogP contribution >= 0.6 is 0 Å². The molecule has 0 aromatic heterocycles. The Bertz CT molecular complexity index is 761. The Hall–Kier alpha value is -1.37. The van der Waals surface area contributed by atoms with Crippen LogP contribution in [0.2, 0.25) is 18.1 Å². The van der Waals surface area contributed by atoms with E-state index >= 15 is 0 Å². The van der Waals surface area contributed by atoms with Crippen LogP contribution in [0.25, 0.3) is 0 Å². The van der Waals surface area contributed by atoms with E-state index in [2.05, 4.69) is 70.1 Å². The molecule has 0 unspecified atom stereocenters. The fourth-order valence-corrected chi connectivity index (χ4v) is 4.66. The van der Waals surface area contributed by atoms with Gasteiger partial charge in [-0.1, -0.05) is 26.8 Å². The third-order valence-electron chi connectivity index (χ3n) is 6.48. The summed E-state index contributed by atoms with van der Waals surface area (Å²) in [5.41, 5.74) is 2.81. The van der Waals surface area contributed by atoms with Gasteiger partial charge in [0.15, 0.2) is 8.32 Å². The average molecular weight is 435 g/mol. The maximum Gasteiger partial charge on any atom is 0.412 e. The highest BCUT2D eigenvalue weighted by molar-refractivity contribution is 6.74. The summed E-state index contributed by atoms with van der Waals surface area (Å²) in [6.45, 7) is 24.3. The van der Waals surface area contributed by atoms with Crippen LogP contribution in [0, 0.1) is 0 Å². The van der Waals surface area contributed by atoms with E-state index in [1.54, 1.807) is 0 Å². The van der Waals surface area contributed by atoms with Gasteiger partial charge in [-0.15, -0.1) is 0 Å². The van der Waals surface area contributed by atoms with Crippen LogP contribution in [0.15, 0.2) is 18.2 Å². The molecule has 1 aromatic carbocycles. The highest BCUT2D eigenvalue weighted by atomic mass is 28.4. The van der Waals surface area contributed by atoms with Crippen LogP contribution in [0.5, 0.6) is 0 Å². The van der Waals surface area contributed by atoms with E-state index < -0.39 is 20.0 Å². The molecule has 6 heteroatoms. The van der Waals surface area contributed by atoms with Gasteiger partial charge in [0, 0.05) is 30.9 Å². The minimum absolute atomic E-state index is 0.0746. The van der Waals surface area contributed by atoms with Crippen molar-refractivity contribution in [3.05, 3.63) is 29.3 Å². The number of hydrogen-bond acceptors (Lipinski definition) is 4. The molecular formula is C24H42N2O3Si. The molecular weight excluding hydrogens is 392 g/mol. The standard InChI is InChI=1S/C24H42N2O3Si/c1-22(2,3)29-21(27)25-19-11-12-20-18(17-19)13-14-26(24(20,7)8)15-16-28-30(9,10)23(4,5)6/h11-12,17H,13-16H2,1-10H3,(H,25,27). The quantitative estimate of drug-likeness (QED) is 0.565. The van der Waals surface area contributed by atoms with Gasteiger partial charge in [0.25, 0.3) is 0 Å². The first-order chi connectivity index (χ1) is 13.5. The second-order valence-electron chi connectivity index (χ2n) is 11.4. The number of benzene rings is 1. The number of nitrogens with zero attached hydrogens (tertiary/aromatic N) is 1. The van der Waals surface area contributed by atoms with Crippen LogP contribution in [0.3, 0.4) is 0 Å². The summed E-state index contributed by atoms with van der Waals surface area (Å²) in [6.07, 6.45) is 0.546. The van der Waals surface area contributed by atoms with Crippen molar-refractivity contribution >= 4 is 20.1 Å². The van der Waals surface area contributed by atoms with Gasteiger partial charge < -0.3 is 9.16 Å². The summed E-state index contributed by atoms with van der Waals surface area (Å²) in [5, 5.41) is 3.09. The summed E-state index contributed by atoms with van der Waals surface area (Å²) >= 11 is 0. The zero-order valence-corrected chi connectivity index (χ0v) is 21.7. The Morgan fingerprint density at radius 1 is 1.17 bits per heavy atom. The van der Waals surface area contributed by atoms with Crippen LogP contribution in [-0.2, 0) is 21.1 Å². The number of carbonyl (C=O) groups is 1. The minimum atomic E-state index is -1.73. The molecule has 1 aliphatic rings. The van der Waals surface area contributed by atoms with E-state index in [1.165, 1.54) is 11.1 Å². The molecule has 0 saturated heterocycles. The molecule has 170 valence electrons. The van der Waals surface area contributed by atoms with Crippen molar-refractivity contribution in [3.63, 3.8) is 0 Å². The summed E-state index contributed by atoms with van der Waals surface area (Å²) < 4.78 is 11.8. The normalized spacial score (nSPS) is 17.4. The van der Waals surface area contributed by atoms with Gasteiger partial charge in [0.2, 0.25) is 0 Å². The topological polar surface area (TPSA) is 50.8 Å². The summed E-state index contributed by atoms with van der Waals surface area (Å²) in [6, 6.07) is 6.20. The Balaban J connectivity index is 2.05. The number of rotatable bonds is 5. The Kier molecular flexibility index (Phi) is 7.16. The highest BCUT2D eigenvalue weighted by Crippen LogP contribution is 2.38. The number of ether oxygens (including phenoxy) is 1. The van der Waals surface area contributed by atoms with Crippen LogP contribution in [-0.4, -0.2) is 44.6 Å². The Morgan fingerprint density at radius 3 is 2.37 bits per heavy atom. The van der Waals surface area contributed by atoms with Crippen molar-refractivity contribution in [3.8, 4) is 0 Å². The lowest BCUT2D eigenvalue weighted by atomic mass is 9.83. The van der Waals surface area contributed by atoms with Gasteiger partial charge in [0.05, 0.1) is 0 Å². The largest absolute Gasteiger partial charge is 0.444 e. The molecule has 1 aromatic rings. The zero-order valence-electron chi connectivity index (χ0n) is 20.7. The summed E-state index contributed by atoms with van der Waals surface area (Å²) in [7, 11) is -1.73. The molecule has 30 heavy (non-hydrogen) atoms. The lowest BCUT2D eigenvalue weighted by molar-refractivity contribution is 0.0636. The highest BCUT2D eigenvalue weighted by Gasteiger charge is 2.38. The van der Waals surface area contributed by atoms with Crippen LogP contribution in [0.4, 0.5) is 10.5 Å². The maximum absolute atomic E-state index is 12.1. The van der Waals surface area contributed by atoms with Crippen molar-refractivity contribution in [1.82, 2.24) is 4.90 Å². The monoisotopic (exact) mass is 434 g/mol. The molecule has 0 spiro atoms. The minimum Gasteiger partial charge on any atom is -0.444 e. The summed E-state index contributed by atoms with van der Waals surface area (Å²) in [5.74, 6) is 0. The molecule has 0 saturated carbocycles. The molecule has 0 bridgehead atoms. The molecule has 5 nitrogen and oxygen atoms in total. The van der Waals surface area contributed by atoms with Gasteiger partial charge in [-0.2, -0.15) is 0 Å². The molecule has 1 heterocycles. The van der Waals surface area contributed by atoms with Gasteiger partial charge in [-0.25, -0.2) is 4.79 Å². The van der Waals surface area contributed by atoms with Gasteiger partial charge in [-0.3, -0.25) is 10.2 Å². The fraction of sp³-hybridized carbons (Fsp3) is 0.708. The maximum atomic E-state index is 12.1. The predicted octanol–water partition coefficient (Wildman–Crippen LogP) is 6.15. The second kappa shape index (κ2) is 8.64. The molecule has 0 aliphatic carbocycles. The molecule has 0 fully saturated rings. The average Bonchev–Trinajstić information content (AvgIpc) is 2.53. The SMILES string of the molecule is CC(C)(C)OC(=O)Nc1ccc2c(c1)CCN(CCO[Si](C)(C)C(C)(C)C)C2(C)C. The Morgan fingerprint density at radius 2 is 1.80 bits per heavy atom. The van der Waals surface area contributed by atoms with E-state index in [4.69, 9.17) is 9.16 Å². The third kappa shape index (κ3) is 6.08. The van der Waals surface area contributed by atoms with E-state index in [0.717, 1.165) is 31.8 Å². The van der Waals surface area contributed by atoms with Crippen molar-refractivity contribution in [1.29, 1.82) is 0 Å². The molecule has 1 amide bonds. The van der Waals surface area contributed by atoms with E-state index in [0.29, 0.717) is 0 Å². The number of nitrogens with one attached hydrogen (secondary N) is 1. The molecule has 2 rings (SSSR count). The lowest BCUT2D eigenvalue weighted by Crippen LogP contribution is -2.49. The first kappa shape index (κ1) is 24.9. The van der Waals surface area contributed by atoms with Gasteiger partial charge in [0.1, 0.15) is 5.60 Å². The molecule has 0 radical (unpaired) electrons. The number of hydrogen-bond donors (Lipinski definition) is 1. The smallest absolute Gasteiger partial charge is 0.412 e. The summed E-state index contributed by atoms with van der Waals surface area (Å²) in [4.78, 5) is 14.6.